The molecule has 0 bridgehead atoms. The number of hydrogen-bond donors (Lipinski definition) is 2. The van der Waals surface area contributed by atoms with Gasteiger partial charge in [-0.25, -0.2) is 4.98 Å². The van der Waals surface area contributed by atoms with E-state index in [9.17, 15) is 9.90 Å². The third-order valence-corrected chi connectivity index (χ3v) is 5.95. The average Bonchev–Trinajstić information content (AvgIpc) is 3.20. The lowest BCUT2D eigenvalue weighted by molar-refractivity contribution is -0.136. The number of nitrogens with zero attached hydrogens (tertiary/aromatic N) is 3. The second-order valence-electron chi connectivity index (χ2n) is 8.06. The van der Waals surface area contributed by atoms with E-state index in [0.29, 0.717) is 17.1 Å². The smallest absolute Gasteiger partial charge is 0.307 e. The Bertz CT molecular complexity index is 1520. The van der Waals surface area contributed by atoms with E-state index in [-0.39, 0.29) is 13.0 Å². The zero-order chi connectivity index (χ0) is 23.7. The Morgan fingerprint density at radius 2 is 1.88 bits per heavy atom. The third kappa shape index (κ3) is 3.92. The molecule has 7 nitrogen and oxygen atoms in total. The standard InChI is InChI=1S/C27H24N4O3/c1-2-31-24-11-10-17(19-7-5-8-21-20(19)12-13-29-27(21)28)14-22(24)23(30-31)16-34-25-9-4-3-6-18(25)15-26(32)33/h3-14H,2,15-16H2,1H3,(H2,28,29)(H,32,33). The number of hydrogen-bond acceptors (Lipinski definition) is 5. The van der Waals surface area contributed by atoms with Crippen molar-refractivity contribution in [2.45, 2.75) is 26.5 Å². The van der Waals surface area contributed by atoms with Crippen LogP contribution in [0.15, 0.2) is 72.9 Å². The molecule has 0 amide bonds. The normalized spacial score (nSPS) is 11.2. The number of carbonyl (C=O) groups is 1. The van der Waals surface area contributed by atoms with Gasteiger partial charge in [-0.3, -0.25) is 9.48 Å². The van der Waals surface area contributed by atoms with Crippen molar-refractivity contribution >= 4 is 33.5 Å². The Labute approximate surface area is 196 Å². The highest BCUT2D eigenvalue weighted by molar-refractivity contribution is 6.02. The Morgan fingerprint density at radius 3 is 2.71 bits per heavy atom. The van der Waals surface area contributed by atoms with Crippen molar-refractivity contribution in [3.05, 3.63) is 84.2 Å². The van der Waals surface area contributed by atoms with Gasteiger partial charge in [0, 0.05) is 29.1 Å². The van der Waals surface area contributed by atoms with Gasteiger partial charge < -0.3 is 15.6 Å². The van der Waals surface area contributed by atoms with Crippen molar-refractivity contribution in [1.82, 2.24) is 14.8 Å². The summed E-state index contributed by atoms with van der Waals surface area (Å²) in [5, 5.41) is 16.9. The van der Waals surface area contributed by atoms with Gasteiger partial charge in [0.1, 0.15) is 23.9 Å². The first-order valence-electron chi connectivity index (χ1n) is 11.1. The number of aryl methyl sites for hydroxylation is 1. The minimum Gasteiger partial charge on any atom is -0.487 e. The van der Waals surface area contributed by atoms with Gasteiger partial charge in [0.25, 0.3) is 0 Å². The van der Waals surface area contributed by atoms with E-state index in [1.54, 1.807) is 18.3 Å². The minimum absolute atomic E-state index is 0.0937. The van der Waals surface area contributed by atoms with Gasteiger partial charge in [0.15, 0.2) is 0 Å². The first-order chi connectivity index (χ1) is 16.5. The molecular formula is C27H24N4O3. The number of carboxylic acids is 1. The first-order valence-corrected chi connectivity index (χ1v) is 11.1. The van der Waals surface area contributed by atoms with Gasteiger partial charge in [-0.2, -0.15) is 5.10 Å². The minimum atomic E-state index is -0.896. The highest BCUT2D eigenvalue weighted by Gasteiger charge is 2.15. The van der Waals surface area contributed by atoms with Crippen LogP contribution >= 0.6 is 0 Å². The maximum Gasteiger partial charge on any atom is 0.307 e. The molecule has 3 N–H and O–H groups in total. The van der Waals surface area contributed by atoms with Crippen LogP contribution in [0.1, 0.15) is 18.2 Å². The van der Waals surface area contributed by atoms with Crippen LogP contribution in [-0.4, -0.2) is 25.8 Å². The molecule has 5 rings (SSSR count). The highest BCUT2D eigenvalue weighted by Crippen LogP contribution is 2.33. The molecule has 3 aromatic carbocycles. The van der Waals surface area contributed by atoms with Gasteiger partial charge in [-0.15, -0.1) is 0 Å². The summed E-state index contributed by atoms with van der Waals surface area (Å²) in [6.45, 7) is 3.01. The molecule has 2 aromatic heterocycles. The van der Waals surface area contributed by atoms with Crippen LogP contribution in [0.25, 0.3) is 32.8 Å². The van der Waals surface area contributed by atoms with Crippen LogP contribution in [0.5, 0.6) is 5.75 Å². The van der Waals surface area contributed by atoms with Gasteiger partial charge in [0.2, 0.25) is 0 Å². The van der Waals surface area contributed by atoms with Crippen LogP contribution in [0.2, 0.25) is 0 Å². The van der Waals surface area contributed by atoms with Crippen molar-refractivity contribution in [2.75, 3.05) is 5.73 Å². The summed E-state index contributed by atoms with van der Waals surface area (Å²) in [6.07, 6.45) is 1.63. The number of fused-ring (bicyclic) bond motifs is 2. The number of aromatic nitrogens is 3. The molecule has 0 saturated carbocycles. The first kappa shape index (κ1) is 21.5. The van der Waals surface area contributed by atoms with E-state index in [4.69, 9.17) is 15.6 Å². The van der Waals surface area contributed by atoms with E-state index in [1.165, 1.54) is 0 Å². The molecule has 0 fully saturated rings. The summed E-state index contributed by atoms with van der Waals surface area (Å²) in [6, 6.07) is 21.5. The Kier molecular flexibility index (Phi) is 5.59. The highest BCUT2D eigenvalue weighted by atomic mass is 16.5. The SMILES string of the molecule is CCn1nc(COc2ccccc2CC(=O)O)c2cc(-c3cccc4c(N)nccc34)ccc21. The average molecular weight is 453 g/mol. The number of anilines is 1. The molecular weight excluding hydrogens is 428 g/mol. The largest absolute Gasteiger partial charge is 0.487 e. The molecule has 0 aliphatic heterocycles. The molecule has 0 atom stereocenters. The van der Waals surface area contributed by atoms with Gasteiger partial charge >= 0.3 is 5.97 Å². The second-order valence-corrected chi connectivity index (χ2v) is 8.06. The summed E-state index contributed by atoms with van der Waals surface area (Å²) in [4.78, 5) is 15.4. The van der Waals surface area contributed by atoms with Crippen LogP contribution in [0.3, 0.4) is 0 Å². The molecule has 0 spiro atoms. The molecule has 0 saturated heterocycles. The molecule has 7 heteroatoms. The van der Waals surface area contributed by atoms with Crippen LogP contribution in [0, 0.1) is 0 Å². The van der Waals surface area contributed by atoms with Crippen molar-refractivity contribution in [3.8, 4) is 16.9 Å². The molecule has 5 aromatic rings. The molecule has 2 heterocycles. The molecule has 0 unspecified atom stereocenters. The summed E-state index contributed by atoms with van der Waals surface area (Å²) in [5.74, 6) is 0.165. The fraction of sp³-hybridized carbons (Fsp3) is 0.148. The third-order valence-electron chi connectivity index (χ3n) is 5.95. The number of rotatable bonds is 7. The van der Waals surface area contributed by atoms with Crippen LogP contribution in [-0.2, 0) is 24.4 Å². The van der Waals surface area contributed by atoms with Crippen LogP contribution < -0.4 is 10.5 Å². The summed E-state index contributed by atoms with van der Waals surface area (Å²) in [7, 11) is 0. The number of aliphatic carboxylic acids is 1. The van der Waals surface area contributed by atoms with Crippen molar-refractivity contribution in [3.63, 3.8) is 0 Å². The summed E-state index contributed by atoms with van der Waals surface area (Å²) >= 11 is 0. The number of benzene rings is 3. The number of ether oxygens (including phenoxy) is 1. The Balaban J connectivity index is 1.55. The lowest BCUT2D eigenvalue weighted by Crippen LogP contribution is -2.05. The van der Waals surface area contributed by atoms with Crippen molar-refractivity contribution < 1.29 is 14.6 Å². The number of carboxylic acid groups (broad SMARTS) is 1. The van der Waals surface area contributed by atoms with Crippen LogP contribution in [0.4, 0.5) is 5.82 Å². The lowest BCUT2D eigenvalue weighted by Gasteiger charge is -2.10. The van der Waals surface area contributed by atoms with E-state index in [0.717, 1.165) is 45.0 Å². The molecule has 34 heavy (non-hydrogen) atoms. The maximum atomic E-state index is 11.2. The van der Waals surface area contributed by atoms with Crippen molar-refractivity contribution in [1.29, 1.82) is 0 Å². The predicted molar refractivity (Wildman–Crippen MR) is 133 cm³/mol. The molecule has 0 radical (unpaired) electrons. The molecule has 0 aliphatic rings. The Hall–Kier alpha value is -4.39. The van der Waals surface area contributed by atoms with Gasteiger partial charge in [0.05, 0.1) is 11.9 Å². The summed E-state index contributed by atoms with van der Waals surface area (Å²) in [5.41, 5.74) is 10.7. The quantitative estimate of drug-likeness (QED) is 0.358. The number of nitrogens with two attached hydrogens (primary N) is 1. The fourth-order valence-electron chi connectivity index (χ4n) is 4.34. The zero-order valence-corrected chi connectivity index (χ0v) is 18.7. The van der Waals surface area contributed by atoms with Gasteiger partial charge in [-0.05, 0) is 47.7 Å². The molecule has 0 aliphatic carbocycles. The maximum absolute atomic E-state index is 11.2. The predicted octanol–water partition coefficient (Wildman–Crippen LogP) is 5.06. The number of nitrogen functional groups attached to an aromatic ring is 1. The monoisotopic (exact) mass is 452 g/mol. The number of pyridine rings is 1. The molecule has 170 valence electrons. The topological polar surface area (TPSA) is 103 Å². The van der Waals surface area contributed by atoms with E-state index < -0.39 is 5.97 Å². The number of para-hydroxylation sites is 1. The van der Waals surface area contributed by atoms with Gasteiger partial charge in [-0.1, -0.05) is 42.5 Å². The summed E-state index contributed by atoms with van der Waals surface area (Å²) < 4.78 is 8.01. The van der Waals surface area contributed by atoms with Crippen molar-refractivity contribution in [2.24, 2.45) is 0 Å². The zero-order valence-electron chi connectivity index (χ0n) is 18.7. The lowest BCUT2D eigenvalue weighted by atomic mass is 9.97. The second kappa shape index (κ2) is 8.86. The fourth-order valence-corrected chi connectivity index (χ4v) is 4.34. The van der Waals surface area contributed by atoms with E-state index >= 15 is 0 Å². The van der Waals surface area contributed by atoms with E-state index in [2.05, 4.69) is 29.2 Å². The van der Waals surface area contributed by atoms with E-state index in [1.807, 2.05) is 41.9 Å². The Morgan fingerprint density at radius 1 is 1.03 bits per heavy atom.